The van der Waals surface area contributed by atoms with Crippen LogP contribution in [0.25, 0.3) is 11.0 Å². The van der Waals surface area contributed by atoms with Crippen molar-refractivity contribution in [1.29, 1.82) is 0 Å². The third-order valence-electron chi connectivity index (χ3n) is 5.68. The fraction of sp³-hybridized carbons (Fsp3) is 0.375. The van der Waals surface area contributed by atoms with Gasteiger partial charge in [0.05, 0.1) is 37.4 Å². The van der Waals surface area contributed by atoms with Crippen LogP contribution in [0.3, 0.4) is 0 Å². The number of aromatic nitrogens is 2. The monoisotopic (exact) mass is 468 g/mol. The lowest BCUT2D eigenvalue weighted by atomic mass is 10.2. The van der Waals surface area contributed by atoms with Gasteiger partial charge in [-0.15, -0.1) is 0 Å². The highest BCUT2D eigenvalue weighted by molar-refractivity contribution is 6.12. The van der Waals surface area contributed by atoms with Gasteiger partial charge in [-0.25, -0.2) is 9.78 Å². The van der Waals surface area contributed by atoms with Crippen LogP contribution in [0.2, 0.25) is 0 Å². The number of ether oxygens (including phenoxy) is 2. The number of amides is 1. The summed E-state index contributed by atoms with van der Waals surface area (Å²) in [5, 5.41) is 25.2. The van der Waals surface area contributed by atoms with Gasteiger partial charge < -0.3 is 34.9 Å². The van der Waals surface area contributed by atoms with Crippen LogP contribution in [0.4, 0.5) is 11.4 Å². The molecule has 1 fully saturated rings. The molecule has 1 aliphatic rings. The molecule has 3 heterocycles. The van der Waals surface area contributed by atoms with Crippen LogP contribution in [0.5, 0.6) is 0 Å². The van der Waals surface area contributed by atoms with Crippen molar-refractivity contribution in [3.8, 4) is 0 Å². The van der Waals surface area contributed by atoms with Crippen molar-refractivity contribution >= 4 is 34.3 Å². The first-order valence-electron chi connectivity index (χ1n) is 11.1. The molecule has 180 valence electrons. The first-order chi connectivity index (χ1) is 16.5. The molecule has 0 radical (unpaired) electrons. The molecule has 1 saturated heterocycles. The summed E-state index contributed by atoms with van der Waals surface area (Å²) in [6.45, 7) is 0.572. The number of hydrogen-bond acceptors (Lipinski definition) is 8. The average molecular weight is 469 g/mol. The number of carbonyl (C=O) groups excluding carboxylic acids is 2. The maximum absolute atomic E-state index is 12.9. The van der Waals surface area contributed by atoms with Crippen molar-refractivity contribution in [2.24, 2.45) is 0 Å². The first kappa shape index (κ1) is 23.7. The number of benzene rings is 1. The predicted molar refractivity (Wildman–Crippen MR) is 126 cm³/mol. The summed E-state index contributed by atoms with van der Waals surface area (Å²) in [5.74, 6) is -0.947. The molecule has 2 aromatic heterocycles. The van der Waals surface area contributed by atoms with E-state index in [1.807, 2.05) is 30.3 Å². The van der Waals surface area contributed by atoms with Gasteiger partial charge in [-0.05, 0) is 24.5 Å². The van der Waals surface area contributed by atoms with Gasteiger partial charge in [0.25, 0.3) is 5.91 Å². The van der Waals surface area contributed by atoms with E-state index in [2.05, 4.69) is 15.6 Å². The Hall–Kier alpha value is -3.47. The molecule has 4 N–H and O–H groups in total. The topological polar surface area (TPSA) is 135 Å². The Morgan fingerprint density at radius 3 is 2.79 bits per heavy atom. The van der Waals surface area contributed by atoms with Gasteiger partial charge in [0.1, 0.15) is 11.8 Å². The van der Waals surface area contributed by atoms with Crippen LogP contribution in [0.1, 0.15) is 28.9 Å². The Morgan fingerprint density at radius 2 is 2.12 bits per heavy atom. The second-order valence-electron chi connectivity index (χ2n) is 8.09. The minimum atomic E-state index is -0.942. The number of hydrogen-bond donors (Lipinski definition) is 4. The molecule has 1 amide bonds. The molecule has 1 aliphatic heterocycles. The van der Waals surface area contributed by atoms with Crippen LogP contribution < -0.4 is 10.6 Å². The summed E-state index contributed by atoms with van der Waals surface area (Å²) < 4.78 is 12.3. The molecule has 34 heavy (non-hydrogen) atoms. The summed E-state index contributed by atoms with van der Waals surface area (Å²) in [7, 11) is 1.29. The van der Waals surface area contributed by atoms with Crippen LogP contribution in [0, 0.1) is 0 Å². The van der Waals surface area contributed by atoms with Crippen molar-refractivity contribution < 1.29 is 29.3 Å². The molecular formula is C24H28N4O6. The van der Waals surface area contributed by atoms with E-state index in [1.165, 1.54) is 7.11 Å². The Bertz CT molecular complexity index is 1160. The third kappa shape index (κ3) is 5.04. The fourth-order valence-corrected chi connectivity index (χ4v) is 3.97. The quantitative estimate of drug-likeness (QED) is 0.349. The first-order valence-corrected chi connectivity index (χ1v) is 11.1. The lowest BCUT2D eigenvalue weighted by Crippen LogP contribution is -2.28. The van der Waals surface area contributed by atoms with E-state index >= 15 is 0 Å². The summed E-state index contributed by atoms with van der Waals surface area (Å²) in [4.78, 5) is 30.4. The van der Waals surface area contributed by atoms with Crippen LogP contribution in [0.15, 0.2) is 42.6 Å². The summed E-state index contributed by atoms with van der Waals surface area (Å²) in [6.07, 6.45) is 1.43. The fourth-order valence-electron chi connectivity index (χ4n) is 3.97. The Kier molecular flexibility index (Phi) is 7.41. The number of fused-ring (bicyclic) bond motifs is 1. The number of esters is 1. The van der Waals surface area contributed by atoms with E-state index in [-0.39, 0.29) is 30.4 Å². The van der Waals surface area contributed by atoms with Crippen molar-refractivity contribution in [2.75, 3.05) is 37.5 Å². The molecule has 0 bridgehead atoms. The van der Waals surface area contributed by atoms with Crippen LogP contribution >= 0.6 is 0 Å². The van der Waals surface area contributed by atoms with Gasteiger partial charge in [0.2, 0.25) is 0 Å². The molecule has 10 heteroatoms. The van der Waals surface area contributed by atoms with Gasteiger partial charge in [-0.2, -0.15) is 0 Å². The van der Waals surface area contributed by atoms with Gasteiger partial charge in [-0.3, -0.25) is 4.79 Å². The van der Waals surface area contributed by atoms with Crippen LogP contribution in [-0.4, -0.2) is 70.7 Å². The highest BCUT2D eigenvalue weighted by atomic mass is 16.5. The Morgan fingerprint density at radius 1 is 1.32 bits per heavy atom. The van der Waals surface area contributed by atoms with Gasteiger partial charge in [0, 0.05) is 25.1 Å². The number of nitrogens with zero attached hydrogens (tertiary/aromatic N) is 2. The SMILES string of the molecule is COC(=O)c1c(NC(=O)[C@H]2CCCO2)c2cc(NC[C@H](O)CO)cnc2n1Cc1ccccc1. The number of carbonyl (C=O) groups is 2. The third-order valence-corrected chi connectivity index (χ3v) is 5.68. The molecule has 4 rings (SSSR count). The predicted octanol–water partition coefficient (Wildman–Crippen LogP) is 1.75. The average Bonchev–Trinajstić information content (AvgIpc) is 3.50. The lowest BCUT2D eigenvalue weighted by Gasteiger charge is -2.13. The second kappa shape index (κ2) is 10.6. The molecule has 3 aromatic rings. The Labute approximate surface area is 196 Å². The molecule has 2 atom stereocenters. The largest absolute Gasteiger partial charge is 0.464 e. The van der Waals surface area contributed by atoms with E-state index in [0.29, 0.717) is 36.3 Å². The minimum Gasteiger partial charge on any atom is -0.464 e. The highest BCUT2D eigenvalue weighted by Gasteiger charge is 2.30. The molecular weight excluding hydrogens is 440 g/mol. The van der Waals surface area contributed by atoms with E-state index in [1.54, 1.807) is 16.8 Å². The van der Waals surface area contributed by atoms with Crippen molar-refractivity contribution in [3.63, 3.8) is 0 Å². The van der Waals surface area contributed by atoms with Crippen molar-refractivity contribution in [3.05, 3.63) is 53.9 Å². The summed E-state index contributed by atoms with van der Waals surface area (Å²) in [5.41, 5.74) is 2.45. The van der Waals surface area contributed by atoms with Crippen LogP contribution in [-0.2, 0) is 20.8 Å². The zero-order valence-electron chi connectivity index (χ0n) is 18.9. The van der Waals surface area contributed by atoms with Gasteiger partial charge in [0.15, 0.2) is 5.69 Å². The highest BCUT2D eigenvalue weighted by Crippen LogP contribution is 2.34. The van der Waals surface area contributed by atoms with E-state index in [4.69, 9.17) is 14.6 Å². The maximum atomic E-state index is 12.9. The van der Waals surface area contributed by atoms with E-state index in [9.17, 15) is 14.7 Å². The van der Waals surface area contributed by atoms with Gasteiger partial charge in [-0.1, -0.05) is 30.3 Å². The van der Waals surface area contributed by atoms with E-state index in [0.717, 1.165) is 12.0 Å². The van der Waals surface area contributed by atoms with E-state index < -0.39 is 18.2 Å². The number of rotatable bonds is 9. The molecule has 0 saturated carbocycles. The number of pyridine rings is 1. The number of aliphatic hydroxyl groups excluding tert-OH is 2. The number of nitrogens with one attached hydrogen (secondary N) is 2. The second-order valence-corrected chi connectivity index (χ2v) is 8.09. The molecule has 0 unspecified atom stereocenters. The van der Waals surface area contributed by atoms with Crippen molar-refractivity contribution in [1.82, 2.24) is 9.55 Å². The minimum absolute atomic E-state index is 0.107. The van der Waals surface area contributed by atoms with Crippen molar-refractivity contribution in [2.45, 2.75) is 31.6 Å². The Balaban J connectivity index is 1.82. The normalized spacial score (nSPS) is 16.4. The van der Waals surface area contributed by atoms with Gasteiger partial charge >= 0.3 is 5.97 Å². The molecule has 1 aromatic carbocycles. The zero-order chi connectivity index (χ0) is 24.1. The number of methoxy groups -OCH3 is 1. The lowest BCUT2D eigenvalue weighted by molar-refractivity contribution is -0.124. The number of aliphatic hydroxyl groups is 2. The molecule has 0 aliphatic carbocycles. The zero-order valence-corrected chi connectivity index (χ0v) is 18.9. The molecule has 0 spiro atoms. The summed E-state index contributed by atoms with van der Waals surface area (Å²) in [6, 6.07) is 11.3. The summed E-state index contributed by atoms with van der Waals surface area (Å²) >= 11 is 0. The number of anilines is 2. The maximum Gasteiger partial charge on any atom is 0.356 e. The standard InChI is InChI=1S/C24H28N4O6/c1-33-24(32)21-20(27-23(31)19-8-5-9-34-19)18-10-16(25-12-17(30)14-29)11-26-22(18)28(21)13-15-6-3-2-4-7-15/h2-4,6-7,10-11,17,19,25,29-30H,5,8-9,12-14H2,1H3,(H,27,31)/t17-,19+/m0/s1. The molecule has 10 nitrogen and oxygen atoms in total. The smallest absolute Gasteiger partial charge is 0.356 e.